The fourth-order valence-electron chi connectivity index (χ4n) is 4.00. The lowest BCUT2D eigenvalue weighted by atomic mass is 10.0. The van der Waals surface area contributed by atoms with Gasteiger partial charge in [0.05, 0.1) is 0 Å². The van der Waals surface area contributed by atoms with Gasteiger partial charge in [-0.15, -0.1) is 0 Å². The lowest BCUT2D eigenvalue weighted by molar-refractivity contribution is -0.128. The minimum atomic E-state index is 0.0841. The molecule has 2 fully saturated rings. The van der Waals surface area contributed by atoms with Crippen molar-refractivity contribution in [1.29, 1.82) is 0 Å². The topological polar surface area (TPSA) is 52.7 Å². The van der Waals surface area contributed by atoms with Gasteiger partial charge in [0.15, 0.2) is 0 Å². The summed E-state index contributed by atoms with van der Waals surface area (Å²) in [6, 6.07) is 10.9. The van der Waals surface area contributed by atoms with E-state index in [-0.39, 0.29) is 17.9 Å². The molecule has 5 heteroatoms. The molecule has 2 amide bonds. The van der Waals surface area contributed by atoms with E-state index in [1.807, 2.05) is 4.90 Å². The van der Waals surface area contributed by atoms with Crippen molar-refractivity contribution in [2.24, 2.45) is 0 Å². The third-order valence-electron chi connectivity index (χ3n) is 5.43. The molecule has 3 rings (SSSR count). The van der Waals surface area contributed by atoms with Crippen molar-refractivity contribution in [1.82, 2.24) is 15.1 Å². The molecular formula is C21H31N3O2. The van der Waals surface area contributed by atoms with Crippen molar-refractivity contribution >= 4 is 11.8 Å². The summed E-state index contributed by atoms with van der Waals surface area (Å²) in [4.78, 5) is 28.1. The third-order valence-corrected chi connectivity index (χ3v) is 5.43. The van der Waals surface area contributed by atoms with Crippen LogP contribution in [0, 0.1) is 0 Å². The summed E-state index contributed by atoms with van der Waals surface area (Å²) in [5.74, 6) is 0.279. The number of nitrogens with zero attached hydrogens (tertiary/aromatic N) is 2. The maximum atomic E-state index is 12.2. The molecule has 2 saturated heterocycles. The van der Waals surface area contributed by atoms with Gasteiger partial charge in [-0.05, 0) is 50.8 Å². The Hall–Kier alpha value is -1.88. The van der Waals surface area contributed by atoms with E-state index in [4.69, 9.17) is 0 Å². The number of benzene rings is 1. The van der Waals surface area contributed by atoms with Crippen molar-refractivity contribution in [3.05, 3.63) is 35.9 Å². The standard InChI is InChI=1S/C21H31N3O2/c25-20(12-16-24-15-6-11-21(24)26)22-19-10-5-14-23(17-19)13-4-9-18-7-2-1-3-8-18/h1-3,7-8,19H,4-6,9-17H2,(H,22,25)/t19-/m0/s1. The monoisotopic (exact) mass is 357 g/mol. The van der Waals surface area contributed by atoms with Gasteiger partial charge in [-0.25, -0.2) is 0 Å². The zero-order chi connectivity index (χ0) is 18.2. The van der Waals surface area contributed by atoms with Gasteiger partial charge in [-0.2, -0.15) is 0 Å². The van der Waals surface area contributed by atoms with E-state index in [0.717, 1.165) is 58.3 Å². The lowest BCUT2D eigenvalue weighted by Crippen LogP contribution is -2.48. The maximum absolute atomic E-state index is 12.2. The van der Waals surface area contributed by atoms with Crippen LogP contribution in [0.1, 0.15) is 44.1 Å². The molecule has 5 nitrogen and oxygen atoms in total. The lowest BCUT2D eigenvalue weighted by Gasteiger charge is -2.33. The van der Waals surface area contributed by atoms with Crippen LogP contribution in [0.15, 0.2) is 30.3 Å². The largest absolute Gasteiger partial charge is 0.352 e. The van der Waals surface area contributed by atoms with Gasteiger partial charge in [-0.3, -0.25) is 9.59 Å². The van der Waals surface area contributed by atoms with Crippen molar-refractivity contribution < 1.29 is 9.59 Å². The molecule has 2 aliphatic heterocycles. The molecule has 1 aromatic carbocycles. The molecular weight excluding hydrogens is 326 g/mol. The summed E-state index contributed by atoms with van der Waals surface area (Å²) in [6.07, 6.45) is 6.46. The Bertz CT molecular complexity index is 590. The molecule has 1 atom stereocenters. The molecule has 0 bridgehead atoms. The molecule has 0 unspecified atom stereocenters. The SMILES string of the molecule is O=C(CCN1CCCC1=O)N[C@H]1CCCN(CCCc2ccccc2)C1. The Morgan fingerprint density at radius 3 is 2.73 bits per heavy atom. The van der Waals surface area contributed by atoms with E-state index < -0.39 is 0 Å². The van der Waals surface area contributed by atoms with E-state index >= 15 is 0 Å². The van der Waals surface area contributed by atoms with Crippen LogP contribution in [-0.4, -0.2) is 60.4 Å². The van der Waals surface area contributed by atoms with Crippen LogP contribution in [0.2, 0.25) is 0 Å². The first-order valence-electron chi connectivity index (χ1n) is 10.0. The minimum Gasteiger partial charge on any atom is -0.352 e. The number of piperidine rings is 1. The van der Waals surface area contributed by atoms with Gasteiger partial charge >= 0.3 is 0 Å². The third kappa shape index (κ3) is 5.84. The van der Waals surface area contributed by atoms with Crippen molar-refractivity contribution in [3.8, 4) is 0 Å². The molecule has 1 N–H and O–H groups in total. The predicted octanol–water partition coefficient (Wildman–Crippen LogP) is 2.21. The Labute approximate surface area is 156 Å². The number of likely N-dealkylation sites (tertiary alicyclic amines) is 2. The minimum absolute atomic E-state index is 0.0841. The van der Waals surface area contributed by atoms with Gasteiger partial charge < -0.3 is 15.1 Å². The molecule has 1 aromatic rings. The average molecular weight is 357 g/mol. The van der Waals surface area contributed by atoms with E-state index in [0.29, 0.717) is 19.4 Å². The van der Waals surface area contributed by atoms with Gasteiger partial charge in [0.2, 0.25) is 11.8 Å². The number of rotatable bonds is 8. The van der Waals surface area contributed by atoms with Crippen LogP contribution in [0.25, 0.3) is 0 Å². The number of hydrogen-bond acceptors (Lipinski definition) is 3. The highest BCUT2D eigenvalue weighted by Gasteiger charge is 2.23. The van der Waals surface area contributed by atoms with Crippen molar-refractivity contribution in [2.45, 2.75) is 51.0 Å². The summed E-state index contributed by atoms with van der Waals surface area (Å²) >= 11 is 0. The normalized spacial score (nSPS) is 21.2. The molecule has 0 aromatic heterocycles. The fraction of sp³-hybridized carbons (Fsp3) is 0.619. The highest BCUT2D eigenvalue weighted by atomic mass is 16.2. The first-order chi connectivity index (χ1) is 12.7. The molecule has 2 aliphatic rings. The average Bonchev–Trinajstić information content (AvgIpc) is 3.06. The number of aryl methyl sites for hydroxylation is 1. The van der Waals surface area contributed by atoms with Gasteiger partial charge in [0.1, 0.15) is 0 Å². The van der Waals surface area contributed by atoms with Gasteiger partial charge in [0, 0.05) is 38.5 Å². The highest BCUT2D eigenvalue weighted by molar-refractivity contribution is 5.80. The van der Waals surface area contributed by atoms with E-state index in [9.17, 15) is 9.59 Å². The predicted molar refractivity (Wildman–Crippen MR) is 103 cm³/mol. The fourth-order valence-corrected chi connectivity index (χ4v) is 4.00. The zero-order valence-electron chi connectivity index (χ0n) is 15.7. The highest BCUT2D eigenvalue weighted by Crippen LogP contribution is 2.13. The molecule has 0 spiro atoms. The van der Waals surface area contributed by atoms with Crippen LogP contribution in [0.5, 0.6) is 0 Å². The molecule has 0 saturated carbocycles. The van der Waals surface area contributed by atoms with E-state index in [1.165, 1.54) is 5.56 Å². The number of carbonyl (C=O) groups excluding carboxylic acids is 2. The summed E-state index contributed by atoms with van der Waals surface area (Å²) in [5, 5.41) is 3.18. The molecule has 26 heavy (non-hydrogen) atoms. The van der Waals surface area contributed by atoms with E-state index in [1.54, 1.807) is 0 Å². The van der Waals surface area contributed by atoms with Gasteiger partial charge in [0.25, 0.3) is 0 Å². The molecule has 142 valence electrons. The van der Waals surface area contributed by atoms with Gasteiger partial charge in [-0.1, -0.05) is 30.3 Å². The summed E-state index contributed by atoms with van der Waals surface area (Å²) in [5.41, 5.74) is 1.39. The smallest absolute Gasteiger partial charge is 0.222 e. The van der Waals surface area contributed by atoms with Crippen LogP contribution in [0.3, 0.4) is 0 Å². The first-order valence-corrected chi connectivity index (χ1v) is 10.0. The van der Waals surface area contributed by atoms with Crippen molar-refractivity contribution in [2.75, 3.05) is 32.7 Å². The van der Waals surface area contributed by atoms with Crippen LogP contribution < -0.4 is 5.32 Å². The number of hydrogen-bond donors (Lipinski definition) is 1. The number of amides is 2. The zero-order valence-corrected chi connectivity index (χ0v) is 15.7. The summed E-state index contributed by atoms with van der Waals surface area (Å²) < 4.78 is 0. The number of carbonyl (C=O) groups is 2. The Kier molecular flexibility index (Phi) is 7.06. The Morgan fingerprint density at radius 2 is 1.96 bits per heavy atom. The molecule has 0 aliphatic carbocycles. The maximum Gasteiger partial charge on any atom is 0.222 e. The second-order valence-corrected chi connectivity index (χ2v) is 7.53. The number of nitrogens with one attached hydrogen (secondary N) is 1. The van der Waals surface area contributed by atoms with Crippen molar-refractivity contribution in [3.63, 3.8) is 0 Å². The summed E-state index contributed by atoms with van der Waals surface area (Å²) in [6.45, 7) is 4.54. The second kappa shape index (κ2) is 9.72. The Balaban J connectivity index is 1.33. The Morgan fingerprint density at radius 1 is 1.12 bits per heavy atom. The molecule has 0 radical (unpaired) electrons. The van der Waals surface area contributed by atoms with Crippen LogP contribution in [-0.2, 0) is 16.0 Å². The quantitative estimate of drug-likeness (QED) is 0.776. The second-order valence-electron chi connectivity index (χ2n) is 7.53. The first kappa shape index (κ1) is 18.9. The molecule has 2 heterocycles. The summed E-state index contributed by atoms with van der Waals surface area (Å²) in [7, 11) is 0. The van der Waals surface area contributed by atoms with E-state index in [2.05, 4.69) is 40.5 Å². The van der Waals surface area contributed by atoms with Crippen LogP contribution in [0.4, 0.5) is 0 Å². The van der Waals surface area contributed by atoms with Crippen LogP contribution >= 0.6 is 0 Å².